The van der Waals surface area contributed by atoms with Gasteiger partial charge in [0, 0.05) is 18.2 Å². The number of benzene rings is 2. The summed E-state index contributed by atoms with van der Waals surface area (Å²) in [5.74, 6) is -0.442. The van der Waals surface area contributed by atoms with E-state index >= 15 is 0 Å². The summed E-state index contributed by atoms with van der Waals surface area (Å²) < 4.78 is 32.5. The average Bonchev–Trinajstić information content (AvgIpc) is 2.43. The first-order valence-electron chi connectivity index (χ1n) is 6.62. The lowest BCUT2D eigenvalue weighted by Crippen LogP contribution is -2.14. The fourth-order valence-corrected chi connectivity index (χ4v) is 1.86. The van der Waals surface area contributed by atoms with Crippen molar-refractivity contribution in [2.45, 2.75) is 19.9 Å². The van der Waals surface area contributed by atoms with Gasteiger partial charge >= 0.3 is 0 Å². The van der Waals surface area contributed by atoms with Crippen molar-refractivity contribution in [1.82, 2.24) is 5.32 Å². The average molecular weight is 277 g/mol. The zero-order valence-corrected chi connectivity index (χ0v) is 11.3. The molecule has 0 saturated heterocycles. The largest absolute Gasteiger partial charge is 0.454 e. The fraction of sp³-hybridized carbons (Fsp3) is 0.250. The Bertz CT molecular complexity index is 572. The predicted octanol–water partition coefficient (Wildman–Crippen LogP) is 4.26. The highest BCUT2D eigenvalue weighted by Crippen LogP contribution is 2.28. The summed E-state index contributed by atoms with van der Waals surface area (Å²) in [6, 6.07) is 10.4. The molecule has 0 radical (unpaired) electrons. The van der Waals surface area contributed by atoms with Gasteiger partial charge in [0.1, 0.15) is 11.6 Å². The van der Waals surface area contributed by atoms with Crippen LogP contribution >= 0.6 is 0 Å². The van der Waals surface area contributed by atoms with Gasteiger partial charge in [-0.3, -0.25) is 0 Å². The third-order valence-corrected chi connectivity index (χ3v) is 2.81. The van der Waals surface area contributed by atoms with Gasteiger partial charge in [-0.25, -0.2) is 8.78 Å². The van der Waals surface area contributed by atoms with Crippen molar-refractivity contribution in [3.8, 4) is 11.5 Å². The molecule has 20 heavy (non-hydrogen) atoms. The SMILES string of the molecule is CCCNCc1cccc(F)c1Oc1cccc(F)c1. The van der Waals surface area contributed by atoms with E-state index in [-0.39, 0.29) is 11.5 Å². The Morgan fingerprint density at radius 3 is 2.65 bits per heavy atom. The van der Waals surface area contributed by atoms with Crippen LogP contribution in [0.5, 0.6) is 11.5 Å². The van der Waals surface area contributed by atoms with Crippen LogP contribution in [-0.4, -0.2) is 6.54 Å². The van der Waals surface area contributed by atoms with Crippen molar-refractivity contribution in [3.63, 3.8) is 0 Å². The van der Waals surface area contributed by atoms with E-state index in [4.69, 9.17) is 4.74 Å². The Kier molecular flexibility index (Phi) is 5.07. The lowest BCUT2D eigenvalue weighted by molar-refractivity contribution is 0.430. The van der Waals surface area contributed by atoms with Crippen LogP contribution in [0.3, 0.4) is 0 Å². The first kappa shape index (κ1) is 14.5. The van der Waals surface area contributed by atoms with E-state index in [1.54, 1.807) is 18.2 Å². The third kappa shape index (κ3) is 3.78. The number of halogens is 2. The molecule has 1 N–H and O–H groups in total. The topological polar surface area (TPSA) is 21.3 Å². The molecule has 0 unspecified atom stereocenters. The van der Waals surface area contributed by atoms with E-state index in [2.05, 4.69) is 12.2 Å². The second-order valence-corrected chi connectivity index (χ2v) is 4.46. The summed E-state index contributed by atoms with van der Waals surface area (Å²) in [4.78, 5) is 0. The second kappa shape index (κ2) is 7.01. The summed E-state index contributed by atoms with van der Waals surface area (Å²) in [7, 11) is 0. The van der Waals surface area contributed by atoms with Crippen LogP contribution in [0.1, 0.15) is 18.9 Å². The van der Waals surface area contributed by atoms with Crippen molar-refractivity contribution in [2.24, 2.45) is 0 Å². The summed E-state index contributed by atoms with van der Waals surface area (Å²) in [5, 5.41) is 3.20. The Labute approximate surface area is 117 Å². The molecule has 0 aliphatic heterocycles. The van der Waals surface area contributed by atoms with E-state index in [1.165, 1.54) is 24.3 Å². The summed E-state index contributed by atoms with van der Waals surface area (Å²) in [5.41, 5.74) is 0.711. The van der Waals surface area contributed by atoms with Crippen LogP contribution < -0.4 is 10.1 Å². The van der Waals surface area contributed by atoms with Crippen molar-refractivity contribution in [1.29, 1.82) is 0 Å². The molecule has 0 saturated carbocycles. The van der Waals surface area contributed by atoms with E-state index < -0.39 is 11.6 Å². The normalized spacial score (nSPS) is 10.6. The first-order valence-corrected chi connectivity index (χ1v) is 6.62. The van der Waals surface area contributed by atoms with Gasteiger partial charge in [0.05, 0.1) is 0 Å². The smallest absolute Gasteiger partial charge is 0.167 e. The molecule has 0 fully saturated rings. The maximum atomic E-state index is 13.9. The molecule has 0 aliphatic rings. The number of ether oxygens (including phenoxy) is 1. The van der Waals surface area contributed by atoms with Gasteiger partial charge in [-0.05, 0) is 31.2 Å². The minimum absolute atomic E-state index is 0.140. The lowest BCUT2D eigenvalue weighted by Gasteiger charge is -2.12. The van der Waals surface area contributed by atoms with Gasteiger partial charge in [-0.2, -0.15) is 0 Å². The minimum atomic E-state index is -0.454. The number of nitrogens with one attached hydrogen (secondary N) is 1. The second-order valence-electron chi connectivity index (χ2n) is 4.46. The van der Waals surface area contributed by atoms with E-state index in [0.717, 1.165) is 13.0 Å². The maximum absolute atomic E-state index is 13.9. The number of hydrogen-bond donors (Lipinski definition) is 1. The van der Waals surface area contributed by atoms with Gasteiger partial charge in [0.25, 0.3) is 0 Å². The summed E-state index contributed by atoms with van der Waals surface area (Å²) >= 11 is 0. The molecule has 0 heterocycles. The Morgan fingerprint density at radius 1 is 1.10 bits per heavy atom. The molecule has 0 bridgehead atoms. The highest BCUT2D eigenvalue weighted by Gasteiger charge is 2.11. The fourth-order valence-electron chi connectivity index (χ4n) is 1.86. The van der Waals surface area contributed by atoms with Crippen molar-refractivity contribution in [3.05, 3.63) is 59.7 Å². The van der Waals surface area contributed by atoms with Crippen molar-refractivity contribution in [2.75, 3.05) is 6.54 Å². The standard InChI is InChI=1S/C16H17F2NO/c1-2-9-19-11-12-5-3-8-15(18)16(12)20-14-7-4-6-13(17)10-14/h3-8,10,19H,2,9,11H2,1H3. The molecule has 0 amide bonds. The molecule has 2 nitrogen and oxygen atoms in total. The summed E-state index contributed by atoms with van der Waals surface area (Å²) in [6.45, 7) is 3.41. The monoisotopic (exact) mass is 277 g/mol. The lowest BCUT2D eigenvalue weighted by atomic mass is 10.2. The van der Waals surface area contributed by atoms with Crippen LogP contribution in [0.2, 0.25) is 0 Å². The zero-order chi connectivity index (χ0) is 14.4. The Morgan fingerprint density at radius 2 is 1.90 bits per heavy atom. The molecule has 2 rings (SSSR count). The van der Waals surface area contributed by atoms with E-state index in [1.807, 2.05) is 0 Å². The van der Waals surface area contributed by atoms with Gasteiger partial charge in [-0.1, -0.05) is 25.1 Å². The predicted molar refractivity (Wildman–Crippen MR) is 74.9 cm³/mol. The van der Waals surface area contributed by atoms with Crippen molar-refractivity contribution < 1.29 is 13.5 Å². The molecule has 2 aromatic carbocycles. The zero-order valence-electron chi connectivity index (χ0n) is 11.3. The van der Waals surface area contributed by atoms with Crippen molar-refractivity contribution >= 4 is 0 Å². The number of hydrogen-bond acceptors (Lipinski definition) is 2. The number of rotatable bonds is 6. The van der Waals surface area contributed by atoms with Gasteiger partial charge in [0.15, 0.2) is 11.6 Å². The quantitative estimate of drug-likeness (QED) is 0.797. The molecule has 106 valence electrons. The number of para-hydroxylation sites is 1. The van der Waals surface area contributed by atoms with E-state index in [9.17, 15) is 8.78 Å². The molecule has 0 spiro atoms. The van der Waals surface area contributed by atoms with Gasteiger partial charge < -0.3 is 10.1 Å². The van der Waals surface area contributed by atoms with E-state index in [0.29, 0.717) is 12.1 Å². The minimum Gasteiger partial charge on any atom is -0.454 e. The van der Waals surface area contributed by atoms with Crippen LogP contribution in [0.25, 0.3) is 0 Å². The first-order chi connectivity index (χ1) is 9.70. The Balaban J connectivity index is 2.21. The maximum Gasteiger partial charge on any atom is 0.167 e. The molecule has 0 aromatic heterocycles. The van der Waals surface area contributed by atoms with Crippen LogP contribution in [0, 0.1) is 11.6 Å². The van der Waals surface area contributed by atoms with Crippen LogP contribution in [0.15, 0.2) is 42.5 Å². The molecule has 2 aromatic rings. The van der Waals surface area contributed by atoms with Gasteiger partial charge in [0.2, 0.25) is 0 Å². The molecule has 4 heteroatoms. The molecule has 0 aliphatic carbocycles. The highest BCUT2D eigenvalue weighted by atomic mass is 19.1. The Hall–Kier alpha value is -1.94. The third-order valence-electron chi connectivity index (χ3n) is 2.81. The molecular formula is C16H17F2NO. The molecule has 0 atom stereocenters. The molecular weight excluding hydrogens is 260 g/mol. The highest BCUT2D eigenvalue weighted by molar-refractivity contribution is 5.39. The van der Waals surface area contributed by atoms with Crippen LogP contribution in [-0.2, 0) is 6.54 Å². The summed E-state index contributed by atoms with van der Waals surface area (Å²) in [6.07, 6.45) is 0.995. The van der Waals surface area contributed by atoms with Gasteiger partial charge in [-0.15, -0.1) is 0 Å². The van der Waals surface area contributed by atoms with Crippen LogP contribution in [0.4, 0.5) is 8.78 Å².